The molecule has 9 heteroatoms. The van der Waals surface area contributed by atoms with Gasteiger partial charge in [0.25, 0.3) is 0 Å². The Bertz CT molecular complexity index is 1700. The van der Waals surface area contributed by atoms with Crippen LogP contribution < -0.4 is 15.2 Å². The minimum atomic E-state index is -2.19. The normalized spacial score (nSPS) is 17.7. The van der Waals surface area contributed by atoms with Gasteiger partial charge in [-0.3, -0.25) is 4.79 Å². The number of rotatable bonds is 17. The Morgan fingerprint density at radius 2 is 1.63 bits per heavy atom. The first kappa shape index (κ1) is 35.5. The Hall–Kier alpha value is -3.30. The minimum absolute atomic E-state index is 0.0317. The summed E-state index contributed by atoms with van der Waals surface area (Å²) in [6, 6.07) is 11.7. The molecule has 0 radical (unpaired) electrons. The van der Waals surface area contributed by atoms with Gasteiger partial charge >= 0.3 is 0 Å². The Kier molecular flexibility index (Phi) is 11.7. The maximum atomic E-state index is 13.5. The van der Waals surface area contributed by atoms with E-state index >= 15 is 0 Å². The summed E-state index contributed by atoms with van der Waals surface area (Å²) in [6.07, 6.45) is 14.3. The third kappa shape index (κ3) is 7.88. The van der Waals surface area contributed by atoms with Crippen LogP contribution in [-0.4, -0.2) is 88.6 Å². The van der Waals surface area contributed by atoms with Gasteiger partial charge in [-0.1, -0.05) is 44.1 Å². The molecule has 260 valence electrons. The van der Waals surface area contributed by atoms with Crippen LogP contribution in [0.4, 0.5) is 5.69 Å². The summed E-state index contributed by atoms with van der Waals surface area (Å²) >= 11 is 5.72. The molecule has 7 nitrogen and oxygen atoms in total. The molecule has 2 aromatic carbocycles. The van der Waals surface area contributed by atoms with Crippen molar-refractivity contribution >= 4 is 53.6 Å². The molecule has 2 saturated heterocycles. The second-order valence-corrected chi connectivity index (χ2v) is 18.7. The highest BCUT2D eigenvalue weighted by Gasteiger charge is 2.41. The van der Waals surface area contributed by atoms with Crippen molar-refractivity contribution in [2.45, 2.75) is 64.5 Å². The van der Waals surface area contributed by atoms with Crippen molar-refractivity contribution in [3.8, 4) is 0 Å². The van der Waals surface area contributed by atoms with Gasteiger partial charge in [-0.2, -0.15) is 0 Å². The summed E-state index contributed by atoms with van der Waals surface area (Å²) in [5.41, 5.74) is 6.59. The predicted molar refractivity (Wildman–Crippen MR) is 198 cm³/mol. The summed E-state index contributed by atoms with van der Waals surface area (Å²) in [5.74, 6) is -0.562. The molecule has 2 aromatic rings. The number of Topliss-reactive ketones (excluding diaryl/α,β-unsaturated/α-hetero) is 1. The van der Waals surface area contributed by atoms with Crippen molar-refractivity contribution in [1.82, 2.24) is 0 Å². The number of benzene rings is 2. The maximum absolute atomic E-state index is 13.5. The van der Waals surface area contributed by atoms with Crippen molar-refractivity contribution in [2.75, 3.05) is 63.4 Å². The first-order valence-corrected chi connectivity index (χ1v) is 21.6. The monoisotopic (exact) mass is 700 g/mol. The van der Waals surface area contributed by atoms with E-state index in [1.807, 2.05) is 0 Å². The minimum Gasteiger partial charge on any atom is -0.545 e. The number of anilines is 1. The van der Waals surface area contributed by atoms with Crippen LogP contribution in [0.15, 0.2) is 65.4 Å². The number of allylic oxidation sites excluding steroid dienone is 5. The van der Waals surface area contributed by atoms with Gasteiger partial charge in [0.2, 0.25) is 0 Å². The molecule has 0 aromatic heterocycles. The molecule has 0 bridgehead atoms. The number of unbranched alkanes of at least 4 members (excludes halogenated alkanes) is 3. The number of carbonyl (C=O) groups is 2. The number of carboxylic acid groups (broad SMARTS) is 1. The van der Waals surface area contributed by atoms with E-state index in [-0.39, 0.29) is 11.3 Å². The van der Waals surface area contributed by atoms with Gasteiger partial charge in [-0.25, -0.2) is 4.58 Å². The van der Waals surface area contributed by atoms with Crippen LogP contribution >= 0.6 is 11.6 Å². The van der Waals surface area contributed by atoms with Gasteiger partial charge in [0.15, 0.2) is 11.5 Å². The number of hydrogen-bond donors (Lipinski definition) is 0. The van der Waals surface area contributed by atoms with E-state index in [0.717, 1.165) is 75.2 Å². The Morgan fingerprint density at radius 1 is 0.878 bits per heavy atom. The van der Waals surface area contributed by atoms with Crippen LogP contribution in [-0.2, 0) is 9.47 Å². The molecule has 3 aliphatic heterocycles. The average molecular weight is 701 g/mol. The average Bonchev–Trinajstić information content (AvgIpc) is 3.04. The molecule has 1 aliphatic carbocycles. The van der Waals surface area contributed by atoms with Crippen molar-refractivity contribution < 1.29 is 28.7 Å². The van der Waals surface area contributed by atoms with Crippen molar-refractivity contribution in [1.29, 1.82) is 0 Å². The van der Waals surface area contributed by atoms with E-state index in [1.165, 1.54) is 34.6 Å². The molecule has 4 aliphatic rings. The Labute approximate surface area is 297 Å². The smallest absolute Gasteiger partial charge is 0.199 e. The fourth-order valence-electron chi connectivity index (χ4n) is 7.21. The number of carboxylic acids is 1. The first-order valence-electron chi connectivity index (χ1n) is 18.1. The lowest BCUT2D eigenvalue weighted by Gasteiger charge is -2.40. The third-order valence-corrected chi connectivity index (χ3v) is 14.2. The molecule has 0 unspecified atom stereocenters. The Balaban J connectivity index is 1.24. The number of carbonyl (C=O) groups excluding carboxylic acids is 2. The van der Waals surface area contributed by atoms with Gasteiger partial charge in [-0.15, -0.1) is 11.6 Å². The lowest BCUT2D eigenvalue weighted by molar-refractivity contribution is -0.582. The van der Waals surface area contributed by atoms with Gasteiger partial charge in [0.1, 0.15) is 21.2 Å². The van der Waals surface area contributed by atoms with E-state index in [9.17, 15) is 14.7 Å². The van der Waals surface area contributed by atoms with Gasteiger partial charge in [-0.05, 0) is 82.6 Å². The molecule has 3 heterocycles. The molecule has 6 rings (SSSR count). The number of fused-ring (bicyclic) bond motifs is 2. The third-order valence-electron chi connectivity index (χ3n) is 10.4. The van der Waals surface area contributed by atoms with Crippen LogP contribution in [0.3, 0.4) is 0 Å². The molecule has 0 spiro atoms. The SMILES string of the molecule is C[Si]1(C)C2=CC(=[N+]3CCC3)C=CC2=C(c2cc(C(=O)CCCOCCOCCCCCCCl)ccc2C(=O)[O-])c2ccc(N3CCC3)cc21. The molecule has 49 heavy (non-hydrogen) atoms. The van der Waals surface area contributed by atoms with Crippen LogP contribution in [0.1, 0.15) is 83.2 Å². The zero-order valence-corrected chi connectivity index (χ0v) is 30.8. The number of ether oxygens (including phenoxy) is 2. The number of halogens is 1. The van der Waals surface area contributed by atoms with E-state index in [2.05, 4.69) is 59.0 Å². The largest absolute Gasteiger partial charge is 0.545 e. The quantitative estimate of drug-likeness (QED) is 0.0695. The van der Waals surface area contributed by atoms with Crippen molar-refractivity contribution in [3.63, 3.8) is 0 Å². The van der Waals surface area contributed by atoms with Gasteiger partial charge in [0, 0.05) is 67.6 Å². The number of nitrogens with zero attached hydrogens (tertiary/aromatic N) is 2. The number of aromatic carboxylic acids is 1. The molecular weight excluding hydrogens is 652 g/mol. The second kappa shape index (κ2) is 16.1. The summed E-state index contributed by atoms with van der Waals surface area (Å²) in [4.78, 5) is 28.5. The van der Waals surface area contributed by atoms with Crippen LogP contribution in [0.5, 0.6) is 0 Å². The Morgan fingerprint density at radius 3 is 2.31 bits per heavy atom. The maximum Gasteiger partial charge on any atom is 0.199 e. The van der Waals surface area contributed by atoms with Crippen LogP contribution in [0.25, 0.3) is 5.57 Å². The van der Waals surface area contributed by atoms with Crippen LogP contribution in [0.2, 0.25) is 13.1 Å². The molecular formula is C40H49ClN2O5Si. The zero-order chi connectivity index (χ0) is 34.4. The lowest BCUT2D eigenvalue weighted by atomic mass is 9.85. The fraction of sp³-hybridized carbons (Fsp3) is 0.475. The molecule has 0 amide bonds. The molecule has 0 N–H and O–H groups in total. The van der Waals surface area contributed by atoms with Gasteiger partial charge < -0.3 is 24.3 Å². The summed E-state index contributed by atoms with van der Waals surface area (Å²) < 4.78 is 13.8. The molecule has 0 atom stereocenters. The summed E-state index contributed by atoms with van der Waals surface area (Å²) in [6.45, 7) is 11.3. The number of hydrogen-bond acceptors (Lipinski definition) is 6. The molecule has 2 fully saturated rings. The fourth-order valence-corrected chi connectivity index (χ4v) is 10.5. The lowest BCUT2D eigenvalue weighted by Crippen LogP contribution is -2.50. The zero-order valence-electron chi connectivity index (χ0n) is 29.0. The van der Waals surface area contributed by atoms with E-state index in [4.69, 9.17) is 21.1 Å². The van der Waals surface area contributed by atoms with Gasteiger partial charge in [0.05, 0.1) is 25.6 Å². The topological polar surface area (TPSA) is 81.9 Å². The van der Waals surface area contributed by atoms with Crippen LogP contribution in [0, 0.1) is 0 Å². The summed E-state index contributed by atoms with van der Waals surface area (Å²) in [7, 11) is -2.19. The van der Waals surface area contributed by atoms with Crippen molar-refractivity contribution in [3.05, 3.63) is 87.6 Å². The summed E-state index contributed by atoms with van der Waals surface area (Å²) in [5, 5.41) is 15.2. The number of alkyl halides is 1. The standard InChI is InChI=1S/C40H49ClN2O5Si/c1-49(2)37-27-30(42-18-8-19-42)12-15-33(37)39(34-16-13-31(28-38(34)49)43-20-9-21-43)35-26-29(11-14-32(35)40(45)46)36(44)10-7-23-48-25-24-47-22-6-4-3-5-17-41/h11-16,26-28H,3-10,17-25H2,1-2H3. The van der Waals surface area contributed by atoms with E-state index in [1.54, 1.807) is 18.2 Å². The second-order valence-electron chi connectivity index (χ2n) is 14.0. The van der Waals surface area contributed by atoms with E-state index < -0.39 is 14.0 Å². The van der Waals surface area contributed by atoms with Crippen molar-refractivity contribution in [2.24, 2.45) is 0 Å². The highest BCUT2D eigenvalue weighted by molar-refractivity contribution is 6.98. The molecule has 0 saturated carbocycles. The highest BCUT2D eigenvalue weighted by Crippen LogP contribution is 2.43. The first-order chi connectivity index (χ1) is 23.8. The number of ketones is 1. The predicted octanol–water partition coefficient (Wildman–Crippen LogP) is 5.68. The van der Waals surface area contributed by atoms with E-state index in [0.29, 0.717) is 49.7 Å². The highest BCUT2D eigenvalue weighted by atomic mass is 35.5.